The van der Waals surface area contributed by atoms with Crippen molar-refractivity contribution in [3.8, 4) is 0 Å². The minimum Gasteiger partial charge on any atom is -0.300 e. The lowest BCUT2D eigenvalue weighted by Crippen LogP contribution is -2.31. The predicted molar refractivity (Wildman–Crippen MR) is 136 cm³/mol. The summed E-state index contributed by atoms with van der Waals surface area (Å²) in [7, 11) is 0. The van der Waals surface area contributed by atoms with Crippen molar-refractivity contribution >= 4 is 17.0 Å². The Morgan fingerprint density at radius 3 is 2.71 bits per heavy atom. The van der Waals surface area contributed by atoms with E-state index in [1.807, 2.05) is 35.7 Å². The van der Waals surface area contributed by atoms with E-state index in [1.165, 1.54) is 5.57 Å². The molecule has 2 aromatic heterocycles. The van der Waals surface area contributed by atoms with Crippen LogP contribution in [-0.2, 0) is 4.79 Å². The van der Waals surface area contributed by atoms with Crippen molar-refractivity contribution in [1.29, 1.82) is 0 Å². The molecule has 0 bridgehead atoms. The van der Waals surface area contributed by atoms with E-state index in [0.29, 0.717) is 0 Å². The van der Waals surface area contributed by atoms with E-state index in [-0.39, 0.29) is 11.8 Å². The van der Waals surface area contributed by atoms with Crippen LogP contribution in [0.1, 0.15) is 50.7 Å². The Hall–Kier alpha value is -3.25. The zero-order valence-corrected chi connectivity index (χ0v) is 20.8. The van der Waals surface area contributed by atoms with Gasteiger partial charge in [-0.25, -0.2) is 4.52 Å². The van der Waals surface area contributed by atoms with Crippen molar-refractivity contribution in [2.75, 3.05) is 19.6 Å². The number of aryl methyl sites for hydroxylation is 2. The van der Waals surface area contributed by atoms with Gasteiger partial charge >= 0.3 is 0 Å². The molecule has 0 aromatic carbocycles. The van der Waals surface area contributed by atoms with Crippen LogP contribution in [0.3, 0.4) is 0 Å². The molecule has 0 aliphatic carbocycles. The van der Waals surface area contributed by atoms with E-state index >= 15 is 0 Å². The molecule has 5 rings (SSSR count). The minimum atomic E-state index is -0.0209. The SMILES string of the molecule is CCN1CC=C(C2=CN3C(=O)C=C(c4cc5c(C)nc(C)cn5n4)C(C)CC=C3C(C)=C2)CC1. The smallest absolute Gasteiger partial charge is 0.255 e. The highest BCUT2D eigenvalue weighted by Gasteiger charge is 2.27. The van der Waals surface area contributed by atoms with E-state index in [4.69, 9.17) is 5.10 Å². The van der Waals surface area contributed by atoms with E-state index in [1.54, 1.807) is 6.08 Å². The summed E-state index contributed by atoms with van der Waals surface area (Å²) in [6.07, 6.45) is 14.4. The van der Waals surface area contributed by atoms with Crippen LogP contribution in [-0.4, -0.2) is 49.9 Å². The number of fused-ring (bicyclic) bond motifs is 2. The molecule has 2 aromatic rings. The highest BCUT2D eigenvalue weighted by molar-refractivity contribution is 5.98. The summed E-state index contributed by atoms with van der Waals surface area (Å²) < 4.78 is 1.88. The number of amides is 1. The fourth-order valence-corrected chi connectivity index (χ4v) is 5.14. The molecule has 1 atom stereocenters. The summed E-state index contributed by atoms with van der Waals surface area (Å²) in [5, 5.41) is 4.81. The molecule has 0 saturated heterocycles. The lowest BCUT2D eigenvalue weighted by molar-refractivity contribution is -0.122. The second-order valence-electron chi connectivity index (χ2n) is 9.65. The summed E-state index contributed by atoms with van der Waals surface area (Å²) >= 11 is 0. The molecule has 3 aliphatic rings. The third-order valence-corrected chi connectivity index (χ3v) is 7.18. The molecule has 0 spiro atoms. The minimum absolute atomic E-state index is 0.0209. The van der Waals surface area contributed by atoms with Gasteiger partial charge in [0, 0.05) is 31.1 Å². The average molecular weight is 456 g/mol. The molecule has 6 heteroatoms. The Bertz CT molecular complexity index is 1320. The third kappa shape index (κ3) is 4.07. The van der Waals surface area contributed by atoms with Gasteiger partial charge < -0.3 is 0 Å². The number of rotatable bonds is 3. The number of carbonyl (C=O) groups excluding carboxylic acids is 1. The summed E-state index contributed by atoms with van der Waals surface area (Å²) in [4.78, 5) is 22.4. The number of allylic oxidation sites excluding steroid dienone is 5. The lowest BCUT2D eigenvalue weighted by Gasteiger charge is -2.31. The zero-order valence-electron chi connectivity index (χ0n) is 20.8. The molecule has 5 heterocycles. The molecular weight excluding hydrogens is 422 g/mol. The van der Waals surface area contributed by atoms with Gasteiger partial charge in [0.05, 0.1) is 28.8 Å². The van der Waals surface area contributed by atoms with Gasteiger partial charge in [0.15, 0.2) is 0 Å². The molecule has 0 fully saturated rings. The van der Waals surface area contributed by atoms with Gasteiger partial charge in [-0.15, -0.1) is 0 Å². The highest BCUT2D eigenvalue weighted by Crippen LogP contribution is 2.35. The molecule has 1 unspecified atom stereocenters. The van der Waals surface area contributed by atoms with E-state index in [2.05, 4.69) is 54.9 Å². The standard InChI is InChI=1S/C28H33N5O/c1-6-31-11-9-22(10-12-31)23-13-19(3)26-8-7-18(2)24(14-28(34)32(26)17-23)25-15-27-21(5)29-20(4)16-33(27)30-25/h8-9,13-18H,6-7,10-12H2,1-5H3. The van der Waals surface area contributed by atoms with Crippen LogP contribution >= 0.6 is 0 Å². The van der Waals surface area contributed by atoms with Gasteiger partial charge in [0.1, 0.15) is 0 Å². The number of likely N-dealkylation sites (N-methyl/N-ethyl adjacent to an activating group) is 1. The molecule has 1 amide bonds. The van der Waals surface area contributed by atoms with Crippen LogP contribution < -0.4 is 0 Å². The van der Waals surface area contributed by atoms with Crippen molar-refractivity contribution in [3.05, 3.63) is 82.3 Å². The molecule has 6 nitrogen and oxygen atoms in total. The lowest BCUT2D eigenvalue weighted by atomic mass is 9.89. The molecule has 176 valence electrons. The first-order chi connectivity index (χ1) is 16.3. The van der Waals surface area contributed by atoms with Crippen LogP contribution in [0.2, 0.25) is 0 Å². The quantitative estimate of drug-likeness (QED) is 0.655. The largest absolute Gasteiger partial charge is 0.300 e. The van der Waals surface area contributed by atoms with Crippen molar-refractivity contribution in [1.82, 2.24) is 24.4 Å². The van der Waals surface area contributed by atoms with Crippen LogP contribution in [0.15, 0.2) is 65.2 Å². The maximum absolute atomic E-state index is 13.6. The first-order valence-corrected chi connectivity index (χ1v) is 12.2. The van der Waals surface area contributed by atoms with Crippen LogP contribution in [0, 0.1) is 19.8 Å². The van der Waals surface area contributed by atoms with Crippen molar-refractivity contribution in [2.24, 2.45) is 5.92 Å². The summed E-state index contributed by atoms with van der Waals surface area (Å²) in [5.41, 5.74) is 9.26. The van der Waals surface area contributed by atoms with Gasteiger partial charge in [-0.3, -0.25) is 19.6 Å². The number of carbonyl (C=O) groups is 1. The van der Waals surface area contributed by atoms with Gasteiger partial charge in [0.25, 0.3) is 5.91 Å². The third-order valence-electron chi connectivity index (χ3n) is 7.18. The zero-order chi connectivity index (χ0) is 24.0. The first kappa shape index (κ1) is 22.5. The van der Waals surface area contributed by atoms with Gasteiger partial charge in [-0.2, -0.15) is 5.10 Å². The molecular formula is C28H33N5O. The molecule has 0 saturated carbocycles. The summed E-state index contributed by atoms with van der Waals surface area (Å²) in [5.74, 6) is 0.157. The second kappa shape index (κ2) is 8.84. The Balaban J connectivity index is 1.51. The Morgan fingerprint density at radius 2 is 1.97 bits per heavy atom. The average Bonchev–Trinajstić information content (AvgIpc) is 3.24. The van der Waals surface area contributed by atoms with Crippen molar-refractivity contribution < 1.29 is 4.79 Å². The Kier molecular flexibility index (Phi) is 5.86. The van der Waals surface area contributed by atoms with Crippen molar-refractivity contribution in [2.45, 2.75) is 47.5 Å². The molecule has 3 aliphatic heterocycles. The monoisotopic (exact) mass is 455 g/mol. The summed E-state index contributed by atoms with van der Waals surface area (Å²) in [6, 6.07) is 2.05. The van der Waals surface area contributed by atoms with Crippen LogP contribution in [0.5, 0.6) is 0 Å². The number of aromatic nitrogens is 3. The van der Waals surface area contributed by atoms with Gasteiger partial charge in [-0.05, 0) is 80.5 Å². The van der Waals surface area contributed by atoms with Crippen molar-refractivity contribution in [3.63, 3.8) is 0 Å². The molecule has 34 heavy (non-hydrogen) atoms. The van der Waals surface area contributed by atoms with Crippen LogP contribution in [0.25, 0.3) is 11.1 Å². The Morgan fingerprint density at radius 1 is 1.15 bits per heavy atom. The second-order valence-corrected chi connectivity index (χ2v) is 9.65. The predicted octanol–water partition coefficient (Wildman–Crippen LogP) is 4.98. The van der Waals surface area contributed by atoms with Gasteiger partial charge in [-0.1, -0.05) is 26.0 Å². The van der Waals surface area contributed by atoms with E-state index < -0.39 is 0 Å². The fraction of sp³-hybridized carbons (Fsp3) is 0.393. The number of hydrogen-bond acceptors (Lipinski definition) is 4. The molecule has 0 N–H and O–H groups in total. The van der Waals surface area contributed by atoms with E-state index in [0.717, 1.165) is 77.5 Å². The number of hydrogen-bond donors (Lipinski definition) is 0. The Labute approximate surface area is 201 Å². The first-order valence-electron chi connectivity index (χ1n) is 12.2. The fourth-order valence-electron chi connectivity index (χ4n) is 5.14. The maximum atomic E-state index is 13.6. The normalized spacial score (nSPS) is 21.8. The molecule has 0 radical (unpaired) electrons. The number of nitrogens with zero attached hydrogens (tertiary/aromatic N) is 5. The highest BCUT2D eigenvalue weighted by atomic mass is 16.2. The van der Waals surface area contributed by atoms with E-state index in [9.17, 15) is 4.79 Å². The maximum Gasteiger partial charge on any atom is 0.255 e. The summed E-state index contributed by atoms with van der Waals surface area (Å²) in [6.45, 7) is 13.5. The topological polar surface area (TPSA) is 53.7 Å². The van der Waals surface area contributed by atoms with Gasteiger partial charge in [0.2, 0.25) is 0 Å². The van der Waals surface area contributed by atoms with Crippen LogP contribution in [0.4, 0.5) is 0 Å².